The van der Waals surface area contributed by atoms with Gasteiger partial charge in [-0.3, -0.25) is 4.98 Å². The second-order valence-corrected chi connectivity index (χ2v) is 11.5. The summed E-state index contributed by atoms with van der Waals surface area (Å²) in [7, 11) is 0. The molecule has 0 unspecified atom stereocenters. The Kier molecular flexibility index (Phi) is 5.18. The largest absolute Gasteiger partial charge is 0.309 e. The van der Waals surface area contributed by atoms with Gasteiger partial charge >= 0.3 is 0 Å². The molecular formula is C34H21N3S2. The summed E-state index contributed by atoms with van der Waals surface area (Å²) in [4.78, 5) is 11.0. The van der Waals surface area contributed by atoms with Crippen LogP contribution in [0.3, 0.4) is 0 Å². The normalized spacial score (nSPS) is 11.6. The Morgan fingerprint density at radius 3 is 2.44 bits per heavy atom. The molecule has 4 heterocycles. The first-order chi connectivity index (χ1) is 19.3. The molecule has 0 radical (unpaired) electrons. The number of thiazole rings is 1. The van der Waals surface area contributed by atoms with Crippen LogP contribution >= 0.6 is 22.7 Å². The summed E-state index contributed by atoms with van der Waals surface area (Å²) in [5.41, 5.74) is 8.95. The molecular weight excluding hydrogens is 515 g/mol. The molecule has 0 atom stereocenters. The zero-order valence-corrected chi connectivity index (χ0v) is 22.4. The van der Waals surface area contributed by atoms with Gasteiger partial charge in [0.1, 0.15) is 5.01 Å². The van der Waals surface area contributed by atoms with E-state index in [9.17, 15) is 0 Å². The predicted molar refractivity (Wildman–Crippen MR) is 166 cm³/mol. The average molecular weight is 536 g/mol. The molecule has 0 aliphatic heterocycles. The van der Waals surface area contributed by atoms with E-state index < -0.39 is 0 Å². The van der Waals surface area contributed by atoms with Gasteiger partial charge < -0.3 is 4.57 Å². The smallest absolute Gasteiger partial charge is 0.124 e. The van der Waals surface area contributed by atoms with E-state index in [1.165, 1.54) is 36.9 Å². The lowest BCUT2D eigenvalue weighted by Gasteiger charge is -2.10. The second kappa shape index (κ2) is 9.02. The van der Waals surface area contributed by atoms with Crippen molar-refractivity contribution in [3.63, 3.8) is 0 Å². The van der Waals surface area contributed by atoms with Gasteiger partial charge in [-0.15, -0.1) is 22.7 Å². The van der Waals surface area contributed by atoms with Gasteiger partial charge in [0, 0.05) is 44.2 Å². The van der Waals surface area contributed by atoms with Crippen LogP contribution in [0, 0.1) is 0 Å². The van der Waals surface area contributed by atoms with Crippen molar-refractivity contribution in [1.29, 1.82) is 0 Å². The van der Waals surface area contributed by atoms with Crippen LogP contribution in [0.4, 0.5) is 0 Å². The van der Waals surface area contributed by atoms with Crippen molar-refractivity contribution in [2.24, 2.45) is 0 Å². The van der Waals surface area contributed by atoms with Gasteiger partial charge in [0.15, 0.2) is 0 Å². The van der Waals surface area contributed by atoms with E-state index in [2.05, 4.69) is 118 Å². The number of fused-ring (bicyclic) bond motifs is 4. The summed E-state index contributed by atoms with van der Waals surface area (Å²) < 4.78 is 3.57. The number of aromatic nitrogens is 3. The van der Waals surface area contributed by atoms with E-state index in [-0.39, 0.29) is 0 Å². The first-order valence-electron chi connectivity index (χ1n) is 12.8. The monoisotopic (exact) mass is 535 g/mol. The average Bonchev–Trinajstić information content (AvgIpc) is 3.75. The van der Waals surface area contributed by atoms with Gasteiger partial charge in [-0.05, 0) is 53.9 Å². The van der Waals surface area contributed by atoms with Crippen LogP contribution in [0.25, 0.3) is 70.0 Å². The maximum absolute atomic E-state index is 5.16. The zero-order valence-electron chi connectivity index (χ0n) is 20.8. The van der Waals surface area contributed by atoms with E-state index in [4.69, 9.17) is 4.98 Å². The third kappa shape index (κ3) is 3.70. The lowest BCUT2D eigenvalue weighted by atomic mass is 10.1. The molecule has 8 aromatic rings. The van der Waals surface area contributed by atoms with Gasteiger partial charge in [-0.2, -0.15) is 0 Å². The van der Waals surface area contributed by atoms with Crippen LogP contribution in [0.1, 0.15) is 0 Å². The summed E-state index contributed by atoms with van der Waals surface area (Å²) in [6, 6.07) is 40.8. The molecule has 39 heavy (non-hydrogen) atoms. The maximum Gasteiger partial charge on any atom is 0.124 e. The van der Waals surface area contributed by atoms with E-state index in [1.807, 2.05) is 18.3 Å². The highest BCUT2D eigenvalue weighted by Crippen LogP contribution is 2.40. The highest BCUT2D eigenvalue weighted by Gasteiger charge is 2.16. The minimum Gasteiger partial charge on any atom is -0.309 e. The van der Waals surface area contributed by atoms with Crippen LogP contribution < -0.4 is 0 Å². The number of para-hydroxylation sites is 2. The Balaban J connectivity index is 1.34. The molecule has 0 N–H and O–H groups in total. The fraction of sp³-hybridized carbons (Fsp3) is 0. The summed E-state index contributed by atoms with van der Waals surface area (Å²) in [5, 5.41) is 5.64. The van der Waals surface area contributed by atoms with Crippen molar-refractivity contribution in [2.45, 2.75) is 0 Å². The lowest BCUT2D eigenvalue weighted by Crippen LogP contribution is -1.95. The first kappa shape index (κ1) is 22.4. The minimum absolute atomic E-state index is 0.969. The van der Waals surface area contributed by atoms with Crippen LogP contribution in [-0.2, 0) is 0 Å². The summed E-state index contributed by atoms with van der Waals surface area (Å²) in [6.45, 7) is 0. The quantitative estimate of drug-likeness (QED) is 0.224. The Morgan fingerprint density at radius 1 is 0.641 bits per heavy atom. The number of thiophene rings is 1. The third-order valence-corrected chi connectivity index (χ3v) is 9.16. The Bertz CT molecular complexity index is 2120. The van der Waals surface area contributed by atoms with Gasteiger partial charge in [0.25, 0.3) is 0 Å². The van der Waals surface area contributed by atoms with E-state index in [0.717, 1.165) is 33.0 Å². The molecule has 184 valence electrons. The Labute approximate surface area is 233 Å². The van der Waals surface area contributed by atoms with Gasteiger partial charge in [0.2, 0.25) is 0 Å². The molecule has 5 heteroatoms. The number of nitrogens with zero attached hydrogens (tertiary/aromatic N) is 3. The van der Waals surface area contributed by atoms with Crippen molar-refractivity contribution < 1.29 is 0 Å². The number of rotatable bonds is 4. The van der Waals surface area contributed by atoms with E-state index in [0.29, 0.717) is 0 Å². The first-order valence-corrected chi connectivity index (χ1v) is 14.5. The zero-order chi connectivity index (χ0) is 25.8. The van der Waals surface area contributed by atoms with E-state index in [1.54, 1.807) is 22.7 Å². The molecule has 3 nitrogen and oxygen atoms in total. The fourth-order valence-corrected chi connectivity index (χ4v) is 7.16. The molecule has 0 fully saturated rings. The van der Waals surface area contributed by atoms with Crippen LogP contribution in [0.2, 0.25) is 0 Å². The lowest BCUT2D eigenvalue weighted by molar-refractivity contribution is 1.18. The number of hydrogen-bond donors (Lipinski definition) is 0. The predicted octanol–water partition coefficient (Wildman–Crippen LogP) is 9.85. The van der Waals surface area contributed by atoms with Crippen molar-refractivity contribution in [3.05, 3.63) is 127 Å². The van der Waals surface area contributed by atoms with Gasteiger partial charge in [-0.1, -0.05) is 66.7 Å². The minimum atomic E-state index is 0.969. The maximum atomic E-state index is 5.16. The van der Waals surface area contributed by atoms with Gasteiger partial charge in [-0.25, -0.2) is 4.98 Å². The van der Waals surface area contributed by atoms with Crippen molar-refractivity contribution in [3.8, 4) is 38.0 Å². The molecule has 4 aromatic heterocycles. The van der Waals surface area contributed by atoms with Crippen LogP contribution in [0.15, 0.2) is 127 Å². The van der Waals surface area contributed by atoms with Crippen molar-refractivity contribution in [1.82, 2.24) is 14.5 Å². The van der Waals surface area contributed by atoms with Crippen molar-refractivity contribution >= 4 is 54.7 Å². The SMILES string of the molecule is c1ccc(-c2cccc(-n3c4ccccc4c4ccc(-c5nc6c(-c7cccs7)cccc6s5)cc43)c2)nc1. The highest BCUT2D eigenvalue weighted by atomic mass is 32.1. The molecule has 0 amide bonds. The topological polar surface area (TPSA) is 30.7 Å². The molecule has 0 bridgehead atoms. The highest BCUT2D eigenvalue weighted by molar-refractivity contribution is 7.21. The molecule has 0 saturated carbocycles. The standard InChI is InChI=1S/C34H21N3S2/c1-2-13-29-25(10-1)26-17-16-23(34-36-33-27(31-15-7-19-38-31)11-6-14-32(33)39-34)21-30(26)37(29)24-9-5-8-22(20-24)28-12-3-4-18-35-28/h1-21H. The molecule has 0 aliphatic rings. The second-order valence-electron chi connectivity index (χ2n) is 9.50. The van der Waals surface area contributed by atoms with Crippen LogP contribution in [-0.4, -0.2) is 14.5 Å². The van der Waals surface area contributed by atoms with E-state index >= 15 is 0 Å². The summed E-state index contributed by atoms with van der Waals surface area (Å²) >= 11 is 3.51. The summed E-state index contributed by atoms with van der Waals surface area (Å²) in [6.07, 6.45) is 1.84. The number of benzene rings is 4. The number of pyridine rings is 1. The molecule has 8 rings (SSSR count). The molecule has 0 spiro atoms. The van der Waals surface area contributed by atoms with Gasteiger partial charge in [0.05, 0.1) is 26.9 Å². The third-order valence-electron chi connectivity index (χ3n) is 7.19. The molecule has 0 saturated heterocycles. The fourth-order valence-electron chi connectivity index (χ4n) is 5.42. The Hall–Kier alpha value is -4.58. The van der Waals surface area contributed by atoms with Crippen molar-refractivity contribution in [2.75, 3.05) is 0 Å². The van der Waals surface area contributed by atoms with Crippen LogP contribution in [0.5, 0.6) is 0 Å². The molecule has 4 aromatic carbocycles. The summed E-state index contributed by atoms with van der Waals surface area (Å²) in [5.74, 6) is 0. The number of hydrogen-bond acceptors (Lipinski definition) is 4. The molecule has 0 aliphatic carbocycles. The Morgan fingerprint density at radius 2 is 1.54 bits per heavy atom.